The number of aromatic nitrogens is 4. The molecule has 3 heterocycles. The molecule has 1 amide bonds. The summed E-state index contributed by atoms with van der Waals surface area (Å²) in [6.07, 6.45) is 2.18. The van der Waals surface area contributed by atoms with Gasteiger partial charge in [0.05, 0.1) is 12.3 Å². The Kier molecular flexibility index (Phi) is 6.28. The van der Waals surface area contributed by atoms with E-state index < -0.39 is 5.69 Å². The number of likely N-dealkylation sites (tertiary alicyclic amines) is 1. The highest BCUT2D eigenvalue weighted by molar-refractivity contribution is 7.99. The van der Waals surface area contributed by atoms with Gasteiger partial charge in [-0.15, -0.1) is 0 Å². The molecule has 4 rings (SSSR count). The normalized spacial score (nSPS) is 16.6. The van der Waals surface area contributed by atoms with Crippen LogP contribution in [-0.2, 0) is 25.4 Å². The zero-order chi connectivity index (χ0) is 23.0. The van der Waals surface area contributed by atoms with Crippen LogP contribution in [0, 0.1) is 12.8 Å². The molecule has 1 fully saturated rings. The Morgan fingerprint density at radius 2 is 1.88 bits per heavy atom. The lowest BCUT2D eigenvalue weighted by Gasteiger charge is -2.30. The number of piperidine rings is 1. The van der Waals surface area contributed by atoms with Crippen LogP contribution in [0.5, 0.6) is 0 Å². The molecule has 2 aromatic heterocycles. The van der Waals surface area contributed by atoms with Crippen LogP contribution < -0.4 is 11.2 Å². The van der Waals surface area contributed by atoms with Crippen molar-refractivity contribution in [3.05, 3.63) is 56.2 Å². The van der Waals surface area contributed by atoms with Crippen LogP contribution in [0.3, 0.4) is 0 Å². The number of carbonyl (C=O) groups excluding carboxylic acids is 1. The van der Waals surface area contributed by atoms with E-state index in [1.54, 1.807) is 7.05 Å². The van der Waals surface area contributed by atoms with Crippen LogP contribution in [0.2, 0.25) is 0 Å². The summed E-state index contributed by atoms with van der Waals surface area (Å²) >= 11 is 1.32. The van der Waals surface area contributed by atoms with Gasteiger partial charge in [-0.1, -0.05) is 48.5 Å². The first-order valence-corrected chi connectivity index (χ1v) is 11.9. The van der Waals surface area contributed by atoms with Crippen LogP contribution in [0.15, 0.2) is 39.0 Å². The number of imidazole rings is 1. The molecule has 0 radical (unpaired) electrons. The lowest BCUT2D eigenvalue weighted by Crippen LogP contribution is -2.40. The maximum atomic E-state index is 13.0. The van der Waals surface area contributed by atoms with Gasteiger partial charge in [-0.05, 0) is 31.2 Å². The third kappa shape index (κ3) is 4.26. The minimum atomic E-state index is -0.419. The number of aryl methyl sites for hydroxylation is 2. The molecule has 0 saturated carbocycles. The van der Waals surface area contributed by atoms with Gasteiger partial charge in [0.2, 0.25) is 5.91 Å². The van der Waals surface area contributed by atoms with Crippen molar-refractivity contribution in [1.29, 1.82) is 0 Å². The van der Waals surface area contributed by atoms with E-state index in [0.717, 1.165) is 41.6 Å². The highest BCUT2D eigenvalue weighted by atomic mass is 32.2. The minimum Gasteiger partial charge on any atom is -0.342 e. The lowest BCUT2D eigenvalue weighted by atomic mass is 10.0. The molecule has 9 heteroatoms. The first-order chi connectivity index (χ1) is 15.3. The quantitative estimate of drug-likeness (QED) is 0.551. The molecule has 0 N–H and O–H groups in total. The molecule has 0 spiro atoms. The highest BCUT2D eigenvalue weighted by Crippen LogP contribution is 2.24. The van der Waals surface area contributed by atoms with Gasteiger partial charge in [-0.3, -0.25) is 18.7 Å². The molecule has 1 aliphatic heterocycles. The first-order valence-electron chi connectivity index (χ1n) is 10.9. The number of carbonyl (C=O) groups is 1. The van der Waals surface area contributed by atoms with Gasteiger partial charge in [0.15, 0.2) is 16.3 Å². The maximum absolute atomic E-state index is 13.0. The number of rotatable bonds is 5. The molecule has 1 aliphatic rings. The zero-order valence-corrected chi connectivity index (χ0v) is 19.8. The van der Waals surface area contributed by atoms with Gasteiger partial charge in [0, 0.05) is 27.2 Å². The Morgan fingerprint density at radius 1 is 1.16 bits per heavy atom. The van der Waals surface area contributed by atoms with E-state index in [9.17, 15) is 14.4 Å². The SMILES string of the molecule is Cc1ccc(Cn2c(SCC(=O)N3CCC[C@H](C)C3)nc3c2c(=O)n(C)c(=O)n3C)cc1. The fraction of sp³-hybridized carbons (Fsp3) is 0.478. The van der Waals surface area contributed by atoms with Crippen LogP contribution >= 0.6 is 11.8 Å². The molecule has 32 heavy (non-hydrogen) atoms. The Morgan fingerprint density at radius 3 is 2.56 bits per heavy atom. The monoisotopic (exact) mass is 455 g/mol. The summed E-state index contributed by atoms with van der Waals surface area (Å²) in [7, 11) is 3.09. The summed E-state index contributed by atoms with van der Waals surface area (Å²) in [4.78, 5) is 44.8. The molecular weight excluding hydrogens is 426 g/mol. The van der Waals surface area contributed by atoms with Crippen molar-refractivity contribution in [3.63, 3.8) is 0 Å². The number of thioether (sulfide) groups is 1. The van der Waals surface area contributed by atoms with Gasteiger partial charge < -0.3 is 9.47 Å². The maximum Gasteiger partial charge on any atom is 0.332 e. The molecule has 170 valence electrons. The third-order valence-electron chi connectivity index (χ3n) is 6.11. The fourth-order valence-electron chi connectivity index (χ4n) is 4.19. The van der Waals surface area contributed by atoms with Gasteiger partial charge >= 0.3 is 5.69 Å². The van der Waals surface area contributed by atoms with E-state index in [2.05, 4.69) is 11.9 Å². The highest BCUT2D eigenvalue weighted by Gasteiger charge is 2.24. The predicted octanol–water partition coefficient (Wildman–Crippen LogP) is 2.14. The predicted molar refractivity (Wildman–Crippen MR) is 126 cm³/mol. The standard InChI is InChI=1S/C23H29N5O3S/c1-15-7-9-17(10-8-15)13-28-19-20(25(3)23(31)26(4)21(19)30)24-22(28)32-14-18(29)27-11-5-6-16(2)12-27/h7-10,16H,5-6,11-14H2,1-4H3/t16-/m0/s1. The Hall–Kier alpha value is -2.81. The second-order valence-electron chi connectivity index (χ2n) is 8.72. The molecule has 0 bridgehead atoms. The van der Waals surface area contributed by atoms with E-state index >= 15 is 0 Å². The average Bonchev–Trinajstić information content (AvgIpc) is 3.14. The van der Waals surface area contributed by atoms with E-state index in [0.29, 0.717) is 28.8 Å². The second kappa shape index (κ2) is 8.97. The number of benzene rings is 1. The van der Waals surface area contributed by atoms with Crippen molar-refractivity contribution >= 4 is 28.8 Å². The summed E-state index contributed by atoms with van der Waals surface area (Å²) in [5.74, 6) is 0.844. The van der Waals surface area contributed by atoms with Gasteiger partial charge in [0.25, 0.3) is 5.56 Å². The molecular formula is C23H29N5O3S. The molecule has 1 aromatic carbocycles. The summed E-state index contributed by atoms with van der Waals surface area (Å²) in [5.41, 5.74) is 2.08. The molecule has 8 nitrogen and oxygen atoms in total. The Balaban J connectivity index is 1.72. The first kappa shape index (κ1) is 22.4. The van der Waals surface area contributed by atoms with Crippen molar-refractivity contribution in [3.8, 4) is 0 Å². The van der Waals surface area contributed by atoms with Gasteiger partial charge in [-0.25, -0.2) is 9.78 Å². The second-order valence-corrected chi connectivity index (χ2v) is 9.66. The van der Waals surface area contributed by atoms with Crippen LogP contribution in [0.25, 0.3) is 11.2 Å². The zero-order valence-electron chi connectivity index (χ0n) is 19.0. The van der Waals surface area contributed by atoms with Gasteiger partial charge in [-0.2, -0.15) is 0 Å². The Labute approximate surface area is 190 Å². The summed E-state index contributed by atoms with van der Waals surface area (Å²) < 4.78 is 4.32. The number of hydrogen-bond acceptors (Lipinski definition) is 5. The van der Waals surface area contributed by atoms with E-state index in [-0.39, 0.29) is 17.2 Å². The van der Waals surface area contributed by atoms with Crippen LogP contribution in [0.1, 0.15) is 30.9 Å². The van der Waals surface area contributed by atoms with E-state index in [1.807, 2.05) is 40.7 Å². The number of amides is 1. The lowest BCUT2D eigenvalue weighted by molar-refractivity contribution is -0.130. The number of nitrogens with zero attached hydrogens (tertiary/aromatic N) is 5. The van der Waals surface area contributed by atoms with E-state index in [4.69, 9.17) is 0 Å². The van der Waals surface area contributed by atoms with Crippen molar-refractivity contribution in [2.45, 2.75) is 38.4 Å². The summed E-state index contributed by atoms with van der Waals surface area (Å²) in [6, 6.07) is 8.08. The summed E-state index contributed by atoms with van der Waals surface area (Å²) in [6.45, 7) is 6.20. The summed E-state index contributed by atoms with van der Waals surface area (Å²) in [5, 5.41) is 0.567. The molecule has 1 saturated heterocycles. The number of hydrogen-bond donors (Lipinski definition) is 0. The van der Waals surface area contributed by atoms with Crippen molar-refractivity contribution in [2.75, 3.05) is 18.8 Å². The average molecular weight is 456 g/mol. The van der Waals surface area contributed by atoms with Crippen molar-refractivity contribution in [2.24, 2.45) is 20.0 Å². The third-order valence-corrected chi connectivity index (χ3v) is 7.07. The fourth-order valence-corrected chi connectivity index (χ4v) is 5.09. The minimum absolute atomic E-state index is 0.0808. The molecule has 1 atom stereocenters. The number of fused-ring (bicyclic) bond motifs is 1. The van der Waals surface area contributed by atoms with E-state index in [1.165, 1.54) is 23.4 Å². The van der Waals surface area contributed by atoms with Gasteiger partial charge in [0.1, 0.15) is 0 Å². The van der Waals surface area contributed by atoms with Crippen molar-refractivity contribution < 1.29 is 4.79 Å². The molecule has 0 aliphatic carbocycles. The largest absolute Gasteiger partial charge is 0.342 e. The van der Waals surface area contributed by atoms with Crippen LogP contribution in [0.4, 0.5) is 0 Å². The van der Waals surface area contributed by atoms with Crippen LogP contribution in [-0.4, -0.2) is 48.3 Å². The molecule has 3 aromatic rings. The topological polar surface area (TPSA) is 82.1 Å². The molecule has 0 unspecified atom stereocenters. The Bertz CT molecular complexity index is 1270. The van der Waals surface area contributed by atoms with Crippen molar-refractivity contribution in [1.82, 2.24) is 23.6 Å². The smallest absolute Gasteiger partial charge is 0.332 e.